The number of nitrogens with one attached hydrogen (secondary N) is 1. The van der Waals surface area contributed by atoms with Gasteiger partial charge in [-0.1, -0.05) is 23.7 Å². The quantitative estimate of drug-likeness (QED) is 0.497. The predicted molar refractivity (Wildman–Crippen MR) is 87.3 cm³/mol. The molecule has 0 atom stereocenters. The highest BCUT2D eigenvalue weighted by Gasteiger charge is 2.06. The van der Waals surface area contributed by atoms with Gasteiger partial charge in [0.25, 0.3) is 0 Å². The average molecular weight is 300 g/mol. The molecule has 1 N–H and O–H groups in total. The molecule has 1 rings (SSSR count). The summed E-state index contributed by atoms with van der Waals surface area (Å²) >= 11 is 7.70. The number of benzene rings is 1. The molecular formula is C14H22ClN3S. The van der Waals surface area contributed by atoms with Gasteiger partial charge in [-0.05, 0) is 30.9 Å². The third kappa shape index (κ3) is 6.21. The second-order valence-corrected chi connectivity index (χ2v) is 5.63. The molecule has 1 aromatic carbocycles. The number of halogens is 1. The lowest BCUT2D eigenvalue weighted by molar-refractivity contribution is 0.477. The maximum absolute atomic E-state index is 5.89. The van der Waals surface area contributed by atoms with Gasteiger partial charge in [0.05, 0.1) is 6.54 Å². The van der Waals surface area contributed by atoms with Crippen molar-refractivity contribution in [3.63, 3.8) is 0 Å². The lowest BCUT2D eigenvalue weighted by atomic mass is 10.2. The third-order valence-electron chi connectivity index (χ3n) is 2.59. The molecule has 0 amide bonds. The van der Waals surface area contributed by atoms with E-state index in [2.05, 4.69) is 35.4 Å². The number of hydrogen-bond acceptors (Lipinski definition) is 2. The third-order valence-corrected chi connectivity index (χ3v) is 3.43. The van der Waals surface area contributed by atoms with Gasteiger partial charge in [0.1, 0.15) is 0 Å². The Morgan fingerprint density at radius 3 is 2.63 bits per heavy atom. The van der Waals surface area contributed by atoms with Crippen molar-refractivity contribution in [2.24, 2.45) is 4.99 Å². The zero-order chi connectivity index (χ0) is 14.1. The van der Waals surface area contributed by atoms with Crippen molar-refractivity contribution in [3.05, 3.63) is 34.9 Å². The molecule has 19 heavy (non-hydrogen) atoms. The van der Waals surface area contributed by atoms with Crippen LogP contribution in [0.5, 0.6) is 0 Å². The number of guanidine groups is 1. The summed E-state index contributed by atoms with van der Waals surface area (Å²) < 4.78 is 0. The Morgan fingerprint density at radius 1 is 1.37 bits per heavy atom. The fourth-order valence-corrected chi connectivity index (χ4v) is 2.05. The average Bonchev–Trinajstić information content (AvgIpc) is 2.40. The van der Waals surface area contributed by atoms with E-state index in [1.165, 1.54) is 5.56 Å². The van der Waals surface area contributed by atoms with Crippen molar-refractivity contribution in [1.82, 2.24) is 10.2 Å². The minimum absolute atomic E-state index is 0.770. The second kappa shape index (κ2) is 9.10. The molecule has 0 saturated carbocycles. The summed E-state index contributed by atoms with van der Waals surface area (Å²) in [4.78, 5) is 6.73. The molecule has 106 valence electrons. The molecule has 0 aliphatic carbocycles. The van der Waals surface area contributed by atoms with Crippen LogP contribution in [-0.4, -0.2) is 43.0 Å². The van der Waals surface area contributed by atoms with E-state index in [-0.39, 0.29) is 0 Å². The van der Waals surface area contributed by atoms with Crippen LogP contribution in [0.3, 0.4) is 0 Å². The van der Waals surface area contributed by atoms with E-state index in [0.29, 0.717) is 0 Å². The molecule has 0 saturated heterocycles. The van der Waals surface area contributed by atoms with Crippen molar-refractivity contribution in [1.29, 1.82) is 0 Å². The molecule has 5 heteroatoms. The van der Waals surface area contributed by atoms with Gasteiger partial charge < -0.3 is 10.2 Å². The molecule has 3 nitrogen and oxygen atoms in total. The molecule has 0 aromatic heterocycles. The van der Waals surface area contributed by atoms with Crippen LogP contribution >= 0.6 is 23.4 Å². The molecule has 0 spiro atoms. The molecule has 0 heterocycles. The second-order valence-electron chi connectivity index (χ2n) is 4.21. The van der Waals surface area contributed by atoms with E-state index < -0.39 is 0 Å². The fraction of sp³-hybridized carbons (Fsp3) is 0.500. The van der Waals surface area contributed by atoms with Gasteiger partial charge in [-0.2, -0.15) is 11.8 Å². The first-order valence-electron chi connectivity index (χ1n) is 6.40. The van der Waals surface area contributed by atoms with Crippen LogP contribution in [0.4, 0.5) is 0 Å². The molecule has 0 unspecified atom stereocenters. The summed E-state index contributed by atoms with van der Waals surface area (Å²) in [6.45, 7) is 4.63. The van der Waals surface area contributed by atoms with Gasteiger partial charge in [0.15, 0.2) is 5.96 Å². The summed E-state index contributed by atoms with van der Waals surface area (Å²) in [5, 5.41) is 4.08. The van der Waals surface area contributed by atoms with E-state index in [1.54, 1.807) is 0 Å². The van der Waals surface area contributed by atoms with Crippen LogP contribution in [0.25, 0.3) is 0 Å². The molecule has 0 bridgehead atoms. The Bertz CT molecular complexity index is 392. The summed E-state index contributed by atoms with van der Waals surface area (Å²) in [6.07, 6.45) is 2.10. The standard InChI is InChI=1S/C14H22ClN3S/c1-4-16-14(17-9-10-19-3)18(2)11-12-5-7-13(15)8-6-12/h5-8H,4,9-11H2,1-3H3,(H,16,17). The molecule has 0 aliphatic rings. The van der Waals surface area contributed by atoms with Crippen molar-refractivity contribution in [3.8, 4) is 0 Å². The van der Waals surface area contributed by atoms with Crippen LogP contribution in [0, 0.1) is 0 Å². The highest BCUT2D eigenvalue weighted by atomic mass is 35.5. The normalized spacial score (nSPS) is 11.5. The van der Waals surface area contributed by atoms with Crippen molar-refractivity contribution >= 4 is 29.3 Å². The van der Waals surface area contributed by atoms with Crippen molar-refractivity contribution in [2.75, 3.05) is 32.1 Å². The molecular weight excluding hydrogens is 278 g/mol. The van der Waals surface area contributed by atoms with E-state index in [1.807, 2.05) is 36.0 Å². The zero-order valence-corrected chi connectivity index (χ0v) is 13.4. The maximum Gasteiger partial charge on any atom is 0.193 e. The number of thioether (sulfide) groups is 1. The summed E-state index contributed by atoms with van der Waals surface area (Å²) in [7, 11) is 2.05. The first-order valence-corrected chi connectivity index (χ1v) is 8.17. The summed E-state index contributed by atoms with van der Waals surface area (Å²) in [5.41, 5.74) is 1.22. The lowest BCUT2D eigenvalue weighted by Gasteiger charge is -2.22. The Morgan fingerprint density at radius 2 is 2.05 bits per heavy atom. The van der Waals surface area contributed by atoms with Crippen molar-refractivity contribution in [2.45, 2.75) is 13.5 Å². The number of nitrogens with zero attached hydrogens (tertiary/aromatic N) is 2. The molecule has 0 radical (unpaired) electrons. The van der Waals surface area contributed by atoms with E-state index in [4.69, 9.17) is 11.6 Å². The van der Waals surface area contributed by atoms with Crippen LogP contribution in [0.1, 0.15) is 12.5 Å². The largest absolute Gasteiger partial charge is 0.357 e. The Labute approximate surface area is 125 Å². The van der Waals surface area contributed by atoms with Gasteiger partial charge >= 0.3 is 0 Å². The van der Waals surface area contributed by atoms with Crippen molar-refractivity contribution < 1.29 is 0 Å². The lowest BCUT2D eigenvalue weighted by Crippen LogP contribution is -2.38. The zero-order valence-electron chi connectivity index (χ0n) is 11.8. The monoisotopic (exact) mass is 299 g/mol. The number of rotatable bonds is 6. The number of aliphatic imine (C=N–C) groups is 1. The van der Waals surface area contributed by atoms with Crippen LogP contribution < -0.4 is 5.32 Å². The van der Waals surface area contributed by atoms with E-state index >= 15 is 0 Å². The molecule has 0 fully saturated rings. The minimum atomic E-state index is 0.770. The number of hydrogen-bond donors (Lipinski definition) is 1. The van der Waals surface area contributed by atoms with E-state index in [0.717, 1.165) is 36.4 Å². The Hall–Kier alpha value is -0.870. The van der Waals surface area contributed by atoms with Crippen LogP contribution in [0.15, 0.2) is 29.3 Å². The summed E-state index contributed by atoms with van der Waals surface area (Å²) in [6, 6.07) is 7.93. The maximum atomic E-state index is 5.89. The first kappa shape index (κ1) is 16.2. The predicted octanol–water partition coefficient (Wildman–Crippen LogP) is 3.10. The highest BCUT2D eigenvalue weighted by Crippen LogP contribution is 2.11. The van der Waals surface area contributed by atoms with Gasteiger partial charge in [0.2, 0.25) is 0 Å². The fourth-order valence-electron chi connectivity index (χ4n) is 1.65. The smallest absolute Gasteiger partial charge is 0.193 e. The Balaban J connectivity index is 2.62. The SMILES string of the molecule is CCNC(=NCCSC)N(C)Cc1ccc(Cl)cc1. The molecule has 0 aliphatic heterocycles. The molecule has 1 aromatic rings. The Kier molecular flexibility index (Phi) is 7.75. The minimum Gasteiger partial charge on any atom is -0.357 e. The first-order chi connectivity index (χ1) is 9.17. The van der Waals surface area contributed by atoms with E-state index in [9.17, 15) is 0 Å². The summed E-state index contributed by atoms with van der Waals surface area (Å²) in [5.74, 6) is 2.00. The van der Waals surface area contributed by atoms with Gasteiger partial charge in [-0.3, -0.25) is 4.99 Å². The van der Waals surface area contributed by atoms with Gasteiger partial charge in [-0.25, -0.2) is 0 Å². The van der Waals surface area contributed by atoms with Gasteiger partial charge in [0, 0.05) is 30.9 Å². The van der Waals surface area contributed by atoms with Crippen LogP contribution in [-0.2, 0) is 6.54 Å². The van der Waals surface area contributed by atoms with Gasteiger partial charge in [-0.15, -0.1) is 0 Å². The van der Waals surface area contributed by atoms with Crippen LogP contribution in [0.2, 0.25) is 5.02 Å². The topological polar surface area (TPSA) is 27.6 Å². The highest BCUT2D eigenvalue weighted by molar-refractivity contribution is 7.98.